The summed E-state index contributed by atoms with van der Waals surface area (Å²) in [7, 11) is 1.80. The van der Waals surface area contributed by atoms with E-state index >= 15 is 0 Å². The normalized spacial score (nSPS) is 12.4. The summed E-state index contributed by atoms with van der Waals surface area (Å²) >= 11 is 0. The molecule has 1 aromatic carbocycles. The van der Waals surface area contributed by atoms with Gasteiger partial charge in [-0.15, -0.1) is 0 Å². The van der Waals surface area contributed by atoms with Crippen molar-refractivity contribution < 1.29 is 14.3 Å². The fraction of sp³-hybridized carbons (Fsp3) is 0.294. The largest absolute Gasteiger partial charge is 0.454 e. The Balaban J connectivity index is 1.50. The van der Waals surface area contributed by atoms with Crippen LogP contribution in [0.2, 0.25) is 0 Å². The van der Waals surface area contributed by atoms with Crippen molar-refractivity contribution in [2.45, 2.75) is 20.0 Å². The highest BCUT2D eigenvalue weighted by atomic mass is 16.7. The van der Waals surface area contributed by atoms with Gasteiger partial charge in [0.25, 0.3) is 0 Å². The quantitative estimate of drug-likeness (QED) is 0.684. The van der Waals surface area contributed by atoms with Crippen molar-refractivity contribution in [1.29, 1.82) is 0 Å². The van der Waals surface area contributed by atoms with E-state index in [9.17, 15) is 9.59 Å². The van der Waals surface area contributed by atoms with Crippen LogP contribution in [0.4, 0.5) is 0 Å². The molecule has 0 fully saturated rings. The molecule has 2 aromatic heterocycles. The predicted molar refractivity (Wildman–Crippen MR) is 93.7 cm³/mol. The smallest absolute Gasteiger partial charge is 0.351 e. The van der Waals surface area contributed by atoms with Crippen molar-refractivity contribution in [3.8, 4) is 17.2 Å². The molecule has 3 aromatic rings. The Morgan fingerprint density at radius 1 is 1.30 bits per heavy atom. The maximum absolute atomic E-state index is 12.7. The van der Waals surface area contributed by atoms with Crippen LogP contribution in [-0.4, -0.2) is 36.8 Å². The van der Waals surface area contributed by atoms with Gasteiger partial charge in [-0.3, -0.25) is 9.48 Å². The summed E-state index contributed by atoms with van der Waals surface area (Å²) in [6.45, 7) is 2.03. The topological polar surface area (TPSA) is 105 Å². The monoisotopic (exact) mass is 370 g/mol. The Labute approximate surface area is 153 Å². The van der Waals surface area contributed by atoms with E-state index in [0.29, 0.717) is 29.6 Å². The summed E-state index contributed by atoms with van der Waals surface area (Å²) in [6, 6.07) is 5.20. The standard InChI is InChI=1S/C17H18N6O4/c1-11-20-22(9-16(24)18-6-12-7-19-21(2)8-12)17(25)23(11)13-3-4-14-15(5-13)27-10-26-14/h3-5,7-8H,6,9-10H2,1-2H3,(H,18,24). The number of carbonyl (C=O) groups excluding carboxylic acids is 1. The first-order valence-corrected chi connectivity index (χ1v) is 8.32. The Morgan fingerprint density at radius 3 is 2.89 bits per heavy atom. The second kappa shape index (κ2) is 6.63. The number of fused-ring (bicyclic) bond motifs is 1. The Bertz CT molecular complexity index is 1060. The molecule has 0 atom stereocenters. The molecule has 0 aliphatic carbocycles. The van der Waals surface area contributed by atoms with Crippen LogP contribution < -0.4 is 20.5 Å². The first-order chi connectivity index (χ1) is 13.0. The number of carbonyl (C=O) groups is 1. The van der Waals surface area contributed by atoms with Gasteiger partial charge >= 0.3 is 5.69 Å². The zero-order chi connectivity index (χ0) is 19.0. The van der Waals surface area contributed by atoms with Gasteiger partial charge in [-0.1, -0.05) is 0 Å². The number of hydrogen-bond donors (Lipinski definition) is 1. The van der Waals surface area contributed by atoms with Gasteiger partial charge in [0, 0.05) is 31.4 Å². The molecule has 1 aliphatic rings. The van der Waals surface area contributed by atoms with Gasteiger partial charge in [-0.2, -0.15) is 10.2 Å². The van der Waals surface area contributed by atoms with Crippen molar-refractivity contribution in [2.75, 3.05) is 6.79 Å². The fourth-order valence-corrected chi connectivity index (χ4v) is 2.90. The molecule has 3 heterocycles. The van der Waals surface area contributed by atoms with Crippen LogP contribution in [0.25, 0.3) is 5.69 Å². The van der Waals surface area contributed by atoms with Gasteiger partial charge in [-0.05, 0) is 19.1 Å². The summed E-state index contributed by atoms with van der Waals surface area (Å²) in [5, 5.41) is 11.0. The van der Waals surface area contributed by atoms with Gasteiger partial charge < -0.3 is 14.8 Å². The van der Waals surface area contributed by atoms with E-state index in [4.69, 9.17) is 9.47 Å². The average molecular weight is 370 g/mol. The molecular weight excluding hydrogens is 352 g/mol. The summed E-state index contributed by atoms with van der Waals surface area (Å²) in [6.07, 6.45) is 3.48. The van der Waals surface area contributed by atoms with E-state index in [1.807, 2.05) is 6.20 Å². The van der Waals surface area contributed by atoms with E-state index in [-0.39, 0.29) is 19.2 Å². The summed E-state index contributed by atoms with van der Waals surface area (Å²) < 4.78 is 14.9. The van der Waals surface area contributed by atoms with Crippen molar-refractivity contribution >= 4 is 5.91 Å². The van der Waals surface area contributed by atoms with Crippen molar-refractivity contribution in [3.63, 3.8) is 0 Å². The molecule has 10 heteroatoms. The second-order valence-corrected chi connectivity index (χ2v) is 6.16. The molecule has 4 rings (SSSR count). The average Bonchev–Trinajstić information content (AvgIpc) is 3.33. The lowest BCUT2D eigenvalue weighted by Crippen LogP contribution is -2.33. The third kappa shape index (κ3) is 3.28. The molecule has 27 heavy (non-hydrogen) atoms. The van der Waals surface area contributed by atoms with Gasteiger partial charge in [0.1, 0.15) is 12.4 Å². The molecule has 0 spiro atoms. The lowest BCUT2D eigenvalue weighted by Gasteiger charge is -2.04. The van der Waals surface area contributed by atoms with Gasteiger partial charge in [0.15, 0.2) is 11.5 Å². The number of nitrogens with zero attached hydrogens (tertiary/aromatic N) is 5. The number of aryl methyl sites for hydroxylation is 2. The lowest BCUT2D eigenvalue weighted by molar-refractivity contribution is -0.122. The molecule has 1 aliphatic heterocycles. The Hall–Kier alpha value is -3.56. The van der Waals surface area contributed by atoms with Crippen molar-refractivity contribution in [3.05, 3.63) is 52.5 Å². The van der Waals surface area contributed by atoms with Crippen LogP contribution in [0.5, 0.6) is 11.5 Å². The van der Waals surface area contributed by atoms with Crippen LogP contribution in [-0.2, 0) is 24.9 Å². The minimum absolute atomic E-state index is 0.156. The van der Waals surface area contributed by atoms with Crippen LogP contribution in [0.1, 0.15) is 11.4 Å². The highest BCUT2D eigenvalue weighted by Crippen LogP contribution is 2.33. The molecule has 0 saturated heterocycles. The molecular formula is C17H18N6O4. The summed E-state index contributed by atoms with van der Waals surface area (Å²) in [4.78, 5) is 24.9. The van der Waals surface area contributed by atoms with E-state index in [1.54, 1.807) is 43.0 Å². The highest BCUT2D eigenvalue weighted by molar-refractivity contribution is 5.75. The minimum atomic E-state index is -0.400. The molecule has 0 bridgehead atoms. The van der Waals surface area contributed by atoms with E-state index in [2.05, 4.69) is 15.5 Å². The number of nitrogens with one attached hydrogen (secondary N) is 1. The summed E-state index contributed by atoms with van der Waals surface area (Å²) in [5.41, 5.74) is 1.08. The Kier molecular flexibility index (Phi) is 4.15. The second-order valence-electron chi connectivity index (χ2n) is 6.16. The highest BCUT2D eigenvalue weighted by Gasteiger charge is 2.18. The van der Waals surface area contributed by atoms with Gasteiger partial charge in [0.05, 0.1) is 11.9 Å². The van der Waals surface area contributed by atoms with Crippen LogP contribution >= 0.6 is 0 Å². The maximum atomic E-state index is 12.7. The van der Waals surface area contributed by atoms with Crippen LogP contribution in [0.3, 0.4) is 0 Å². The molecule has 0 unspecified atom stereocenters. The molecule has 1 N–H and O–H groups in total. The number of benzene rings is 1. The minimum Gasteiger partial charge on any atom is -0.454 e. The maximum Gasteiger partial charge on any atom is 0.351 e. The predicted octanol–water partition coefficient (Wildman–Crippen LogP) is 0.121. The molecule has 0 radical (unpaired) electrons. The van der Waals surface area contributed by atoms with E-state index in [1.165, 1.54) is 4.57 Å². The number of ether oxygens (including phenoxy) is 2. The van der Waals surface area contributed by atoms with Crippen molar-refractivity contribution in [1.82, 2.24) is 29.4 Å². The Morgan fingerprint density at radius 2 is 2.11 bits per heavy atom. The molecule has 140 valence electrons. The van der Waals surface area contributed by atoms with E-state index in [0.717, 1.165) is 10.2 Å². The van der Waals surface area contributed by atoms with Gasteiger partial charge in [0.2, 0.25) is 12.7 Å². The van der Waals surface area contributed by atoms with Crippen LogP contribution in [0.15, 0.2) is 35.4 Å². The number of aromatic nitrogens is 5. The fourth-order valence-electron chi connectivity index (χ4n) is 2.90. The molecule has 10 nitrogen and oxygen atoms in total. The van der Waals surface area contributed by atoms with Crippen molar-refractivity contribution in [2.24, 2.45) is 7.05 Å². The van der Waals surface area contributed by atoms with Crippen LogP contribution in [0, 0.1) is 6.92 Å². The number of rotatable bonds is 5. The number of hydrogen-bond acceptors (Lipinski definition) is 6. The molecule has 0 saturated carbocycles. The van der Waals surface area contributed by atoms with E-state index < -0.39 is 5.69 Å². The number of amides is 1. The molecule has 1 amide bonds. The third-order valence-electron chi connectivity index (χ3n) is 4.16. The first-order valence-electron chi connectivity index (χ1n) is 8.32. The SMILES string of the molecule is Cc1nn(CC(=O)NCc2cnn(C)c2)c(=O)n1-c1ccc2c(c1)OCO2. The zero-order valence-electron chi connectivity index (χ0n) is 14.9. The summed E-state index contributed by atoms with van der Waals surface area (Å²) in [5.74, 6) is 1.36. The van der Waals surface area contributed by atoms with Gasteiger partial charge in [-0.25, -0.2) is 14.0 Å². The zero-order valence-corrected chi connectivity index (χ0v) is 14.9. The first kappa shape index (κ1) is 16.9. The lowest BCUT2D eigenvalue weighted by atomic mass is 10.2. The third-order valence-corrected chi connectivity index (χ3v) is 4.16.